The molecular formula is C26H36F3N3O. The third kappa shape index (κ3) is 5.09. The molecule has 1 unspecified atom stereocenters. The zero-order valence-electron chi connectivity index (χ0n) is 19.4. The fourth-order valence-electron chi connectivity index (χ4n) is 6.50. The summed E-state index contributed by atoms with van der Waals surface area (Å²) in [7, 11) is 0. The van der Waals surface area contributed by atoms with E-state index in [0.717, 1.165) is 70.5 Å². The maximum absolute atomic E-state index is 12.9. The topological polar surface area (TPSA) is 35.6 Å². The van der Waals surface area contributed by atoms with Gasteiger partial charge in [-0.05, 0) is 100 Å². The summed E-state index contributed by atoms with van der Waals surface area (Å²) in [6.07, 6.45) is 2.36. The highest BCUT2D eigenvalue weighted by Gasteiger charge is 2.41. The van der Waals surface area contributed by atoms with Gasteiger partial charge < -0.3 is 15.1 Å². The third-order valence-corrected chi connectivity index (χ3v) is 8.56. The molecule has 1 amide bonds. The van der Waals surface area contributed by atoms with E-state index in [1.807, 2.05) is 6.07 Å². The minimum absolute atomic E-state index is 0.181. The number of nitrogens with one attached hydrogen (secondary N) is 1. The number of amides is 1. The van der Waals surface area contributed by atoms with Crippen molar-refractivity contribution in [1.29, 1.82) is 0 Å². The van der Waals surface area contributed by atoms with Gasteiger partial charge in [0.15, 0.2) is 0 Å². The zero-order valence-corrected chi connectivity index (χ0v) is 19.4. The number of benzene rings is 1. The minimum atomic E-state index is -4.02. The van der Waals surface area contributed by atoms with Crippen LogP contribution in [0.3, 0.4) is 0 Å². The quantitative estimate of drug-likeness (QED) is 0.687. The molecule has 0 aromatic heterocycles. The van der Waals surface area contributed by atoms with Gasteiger partial charge in [-0.2, -0.15) is 13.2 Å². The smallest absolute Gasteiger partial charge is 0.330 e. The lowest BCUT2D eigenvalue weighted by atomic mass is 9.81. The van der Waals surface area contributed by atoms with Gasteiger partial charge in [-0.25, -0.2) is 0 Å². The van der Waals surface area contributed by atoms with Crippen molar-refractivity contribution in [1.82, 2.24) is 15.1 Å². The van der Waals surface area contributed by atoms with E-state index in [0.29, 0.717) is 43.6 Å². The first kappa shape index (κ1) is 23.2. The molecule has 33 heavy (non-hydrogen) atoms. The SMILES string of the molecule is O=C1c2ccc(C3CCN(C[C@H]4CC[C@@H](C(F)(F)F)CC4)CC3)cc2CN1C1CCCNC1. The number of alkyl halides is 3. The lowest BCUT2D eigenvalue weighted by Gasteiger charge is -2.37. The van der Waals surface area contributed by atoms with Crippen molar-refractivity contribution < 1.29 is 18.0 Å². The number of fused-ring (bicyclic) bond motifs is 1. The molecule has 5 rings (SSSR count). The Morgan fingerprint density at radius 1 is 1.00 bits per heavy atom. The number of hydrogen-bond acceptors (Lipinski definition) is 3. The molecule has 1 atom stereocenters. The Labute approximate surface area is 194 Å². The molecule has 182 valence electrons. The van der Waals surface area contributed by atoms with E-state index >= 15 is 0 Å². The van der Waals surface area contributed by atoms with E-state index in [9.17, 15) is 18.0 Å². The molecule has 4 nitrogen and oxygen atoms in total. The monoisotopic (exact) mass is 463 g/mol. The number of rotatable bonds is 4. The van der Waals surface area contributed by atoms with Crippen molar-refractivity contribution >= 4 is 5.91 Å². The van der Waals surface area contributed by atoms with Crippen LogP contribution in [0.25, 0.3) is 0 Å². The molecule has 1 N–H and O–H groups in total. The van der Waals surface area contributed by atoms with Crippen LogP contribution in [0.1, 0.15) is 78.8 Å². The molecule has 3 fully saturated rings. The van der Waals surface area contributed by atoms with Gasteiger partial charge in [-0.1, -0.05) is 12.1 Å². The van der Waals surface area contributed by atoms with Crippen LogP contribution in [0, 0.1) is 11.8 Å². The molecule has 0 radical (unpaired) electrons. The van der Waals surface area contributed by atoms with Crippen LogP contribution in [0.5, 0.6) is 0 Å². The van der Waals surface area contributed by atoms with Gasteiger partial charge >= 0.3 is 6.18 Å². The van der Waals surface area contributed by atoms with Gasteiger partial charge in [-0.3, -0.25) is 4.79 Å². The molecule has 0 bridgehead atoms. The zero-order chi connectivity index (χ0) is 23.0. The van der Waals surface area contributed by atoms with Gasteiger partial charge in [0.05, 0.1) is 5.92 Å². The molecule has 3 aliphatic heterocycles. The lowest BCUT2D eigenvalue weighted by Crippen LogP contribution is -2.46. The van der Waals surface area contributed by atoms with Gasteiger partial charge in [0, 0.05) is 31.2 Å². The van der Waals surface area contributed by atoms with Crippen LogP contribution >= 0.6 is 0 Å². The Bertz CT molecular complexity index is 836. The predicted octanol–water partition coefficient (Wildman–Crippen LogP) is 4.94. The molecule has 2 saturated heterocycles. The summed E-state index contributed by atoms with van der Waals surface area (Å²) >= 11 is 0. The highest BCUT2D eigenvalue weighted by atomic mass is 19.4. The highest BCUT2D eigenvalue weighted by Crippen LogP contribution is 2.40. The van der Waals surface area contributed by atoms with Gasteiger partial charge in [-0.15, -0.1) is 0 Å². The maximum atomic E-state index is 12.9. The first-order valence-electron chi connectivity index (χ1n) is 12.8. The van der Waals surface area contributed by atoms with Gasteiger partial charge in [0.2, 0.25) is 0 Å². The Hall–Kier alpha value is -1.60. The number of halogens is 3. The van der Waals surface area contributed by atoms with Crippen molar-refractivity contribution in [3.8, 4) is 0 Å². The Morgan fingerprint density at radius 2 is 1.76 bits per heavy atom. The molecule has 0 spiro atoms. The van der Waals surface area contributed by atoms with Crippen LogP contribution in [0.2, 0.25) is 0 Å². The standard InChI is InChI=1S/C26H36F3N3O/c27-26(28,29)22-6-3-18(4-7-22)16-31-12-9-19(10-13-31)20-5-8-24-21(14-20)17-32(25(24)33)23-2-1-11-30-15-23/h5,8,14,18-19,22-23,30H,1-4,6-7,9-13,15-17H2/t18-,22+,23?. The summed E-state index contributed by atoms with van der Waals surface area (Å²) < 4.78 is 38.8. The average Bonchev–Trinajstić information content (AvgIpc) is 3.16. The molecule has 1 aromatic carbocycles. The van der Waals surface area contributed by atoms with Gasteiger partial charge in [0.1, 0.15) is 0 Å². The number of likely N-dealkylation sites (tertiary alicyclic amines) is 1. The second kappa shape index (κ2) is 9.57. The van der Waals surface area contributed by atoms with Crippen LogP contribution in [0.4, 0.5) is 13.2 Å². The summed E-state index contributed by atoms with van der Waals surface area (Å²) in [6, 6.07) is 6.76. The van der Waals surface area contributed by atoms with Gasteiger partial charge in [0.25, 0.3) is 5.91 Å². The molecule has 1 aromatic rings. The molecule has 1 aliphatic carbocycles. The van der Waals surface area contributed by atoms with E-state index < -0.39 is 12.1 Å². The van der Waals surface area contributed by atoms with Crippen molar-refractivity contribution in [2.75, 3.05) is 32.7 Å². The molecule has 7 heteroatoms. The van der Waals surface area contributed by atoms with Crippen LogP contribution in [0.15, 0.2) is 18.2 Å². The average molecular weight is 464 g/mol. The van der Waals surface area contributed by atoms with Crippen molar-refractivity contribution in [3.63, 3.8) is 0 Å². The largest absolute Gasteiger partial charge is 0.391 e. The van der Waals surface area contributed by atoms with Crippen molar-refractivity contribution in [2.24, 2.45) is 11.8 Å². The highest BCUT2D eigenvalue weighted by molar-refractivity contribution is 5.98. The number of carbonyl (C=O) groups is 1. The van der Waals surface area contributed by atoms with Crippen molar-refractivity contribution in [3.05, 3.63) is 34.9 Å². The lowest BCUT2D eigenvalue weighted by molar-refractivity contribution is -0.184. The number of hydrogen-bond donors (Lipinski definition) is 1. The van der Waals surface area contributed by atoms with E-state index in [1.54, 1.807) is 0 Å². The second-order valence-corrected chi connectivity index (χ2v) is 10.7. The molecule has 1 saturated carbocycles. The van der Waals surface area contributed by atoms with E-state index in [1.165, 1.54) is 11.1 Å². The molecular weight excluding hydrogens is 427 g/mol. The van der Waals surface area contributed by atoms with E-state index in [4.69, 9.17) is 0 Å². The predicted molar refractivity (Wildman–Crippen MR) is 122 cm³/mol. The fourth-order valence-corrected chi connectivity index (χ4v) is 6.50. The van der Waals surface area contributed by atoms with Crippen molar-refractivity contribution in [2.45, 2.75) is 76.0 Å². The Kier molecular flexibility index (Phi) is 6.72. The first-order valence-corrected chi connectivity index (χ1v) is 12.8. The first-order chi connectivity index (χ1) is 15.9. The Morgan fingerprint density at radius 3 is 2.42 bits per heavy atom. The van der Waals surface area contributed by atoms with E-state index in [-0.39, 0.29) is 5.91 Å². The maximum Gasteiger partial charge on any atom is 0.391 e. The summed E-state index contributed by atoms with van der Waals surface area (Å²) in [6.45, 7) is 5.64. The third-order valence-electron chi connectivity index (χ3n) is 8.56. The Balaban J connectivity index is 1.12. The fraction of sp³-hybridized carbons (Fsp3) is 0.731. The second-order valence-electron chi connectivity index (χ2n) is 10.7. The van der Waals surface area contributed by atoms with Crippen LogP contribution in [-0.4, -0.2) is 60.6 Å². The minimum Gasteiger partial charge on any atom is -0.330 e. The summed E-state index contributed by atoms with van der Waals surface area (Å²) in [5.74, 6) is 0.0104. The number of carbonyl (C=O) groups excluding carboxylic acids is 1. The van der Waals surface area contributed by atoms with Crippen LogP contribution < -0.4 is 5.32 Å². The molecule has 3 heterocycles. The van der Waals surface area contributed by atoms with E-state index in [2.05, 4.69) is 27.2 Å². The summed E-state index contributed by atoms with van der Waals surface area (Å²) in [4.78, 5) is 17.4. The molecule has 4 aliphatic rings. The number of nitrogens with zero attached hydrogens (tertiary/aromatic N) is 2. The summed E-state index contributed by atoms with van der Waals surface area (Å²) in [5.41, 5.74) is 3.39. The van der Waals surface area contributed by atoms with Crippen LogP contribution in [-0.2, 0) is 6.54 Å². The normalized spacial score (nSPS) is 30.0. The summed E-state index contributed by atoms with van der Waals surface area (Å²) in [5, 5.41) is 3.42. The number of piperidine rings is 2.